The van der Waals surface area contributed by atoms with E-state index >= 15 is 0 Å². The fraction of sp³-hybridized carbons (Fsp3) is 0.0612. The van der Waals surface area contributed by atoms with Gasteiger partial charge in [0.25, 0.3) is 0 Å². The molecule has 0 radical (unpaired) electrons. The molecule has 0 saturated carbocycles. The van der Waals surface area contributed by atoms with E-state index in [0.717, 1.165) is 22.6 Å². The van der Waals surface area contributed by atoms with Gasteiger partial charge < -0.3 is 4.74 Å². The fourth-order valence-electron chi connectivity index (χ4n) is 9.65. The van der Waals surface area contributed by atoms with Crippen molar-refractivity contribution < 1.29 is 4.74 Å². The minimum Gasteiger partial charge on any atom is -0.456 e. The van der Waals surface area contributed by atoms with Crippen LogP contribution < -0.4 is 4.74 Å². The third-order valence-corrected chi connectivity index (χ3v) is 11.8. The summed E-state index contributed by atoms with van der Waals surface area (Å²) in [6, 6.07) is 64.8. The lowest BCUT2D eigenvalue weighted by Gasteiger charge is -2.39. The van der Waals surface area contributed by atoms with E-state index in [0.29, 0.717) is 0 Å². The molecule has 8 aromatic rings. The molecule has 0 N–H and O–H groups in total. The summed E-state index contributed by atoms with van der Waals surface area (Å²) in [5.74, 6) is 1.84. The molecule has 1 heterocycles. The van der Waals surface area contributed by atoms with E-state index in [-0.39, 0.29) is 5.41 Å². The molecule has 0 aromatic heterocycles. The Labute approximate surface area is 292 Å². The van der Waals surface area contributed by atoms with Gasteiger partial charge in [-0.1, -0.05) is 164 Å². The predicted molar refractivity (Wildman–Crippen MR) is 204 cm³/mol. The quantitative estimate of drug-likeness (QED) is 0.183. The summed E-state index contributed by atoms with van der Waals surface area (Å²) in [6.07, 6.45) is 0. The highest BCUT2D eigenvalue weighted by Crippen LogP contribution is 2.64. The molecule has 0 fully saturated rings. The van der Waals surface area contributed by atoms with Crippen molar-refractivity contribution in [3.8, 4) is 44.9 Å². The summed E-state index contributed by atoms with van der Waals surface area (Å²) in [5.41, 5.74) is 15.8. The molecule has 2 unspecified atom stereocenters. The maximum atomic E-state index is 6.90. The second kappa shape index (κ2) is 9.94. The van der Waals surface area contributed by atoms with Crippen LogP contribution in [0.3, 0.4) is 0 Å². The van der Waals surface area contributed by atoms with Gasteiger partial charge in [-0.3, -0.25) is 0 Å². The van der Waals surface area contributed by atoms with Gasteiger partial charge in [-0.25, -0.2) is 0 Å². The number of hydrogen-bond donors (Lipinski definition) is 0. The molecule has 1 heteroatoms. The van der Waals surface area contributed by atoms with Gasteiger partial charge in [-0.2, -0.15) is 0 Å². The van der Waals surface area contributed by atoms with Crippen LogP contribution in [-0.2, 0) is 10.8 Å². The third kappa shape index (κ3) is 3.37. The first-order valence-corrected chi connectivity index (χ1v) is 17.5. The first-order chi connectivity index (χ1) is 24.7. The molecule has 0 bridgehead atoms. The number of benzene rings is 8. The molecule has 8 aromatic carbocycles. The fourth-order valence-corrected chi connectivity index (χ4v) is 9.65. The summed E-state index contributed by atoms with van der Waals surface area (Å²) >= 11 is 0. The molecule has 234 valence electrons. The molecule has 1 aliphatic heterocycles. The zero-order chi connectivity index (χ0) is 33.0. The van der Waals surface area contributed by atoms with E-state index < -0.39 is 5.41 Å². The first-order valence-electron chi connectivity index (χ1n) is 17.5. The van der Waals surface area contributed by atoms with Crippen molar-refractivity contribution in [1.82, 2.24) is 0 Å². The lowest BCUT2D eigenvalue weighted by Crippen LogP contribution is -2.29. The molecule has 50 heavy (non-hydrogen) atoms. The second-order valence-corrected chi connectivity index (χ2v) is 14.1. The van der Waals surface area contributed by atoms with Crippen LogP contribution in [0, 0.1) is 0 Å². The lowest BCUT2D eigenvalue weighted by molar-refractivity contribution is 0.429. The van der Waals surface area contributed by atoms with Crippen molar-refractivity contribution in [2.75, 3.05) is 0 Å². The van der Waals surface area contributed by atoms with Gasteiger partial charge in [-0.05, 0) is 85.5 Å². The predicted octanol–water partition coefficient (Wildman–Crippen LogP) is 12.3. The maximum absolute atomic E-state index is 6.90. The van der Waals surface area contributed by atoms with Gasteiger partial charge in [0.2, 0.25) is 0 Å². The number of para-hydroxylation sites is 2. The van der Waals surface area contributed by atoms with Crippen LogP contribution in [-0.4, -0.2) is 0 Å². The van der Waals surface area contributed by atoms with Crippen molar-refractivity contribution >= 4 is 10.8 Å². The molecular weight excluding hydrogens is 605 g/mol. The number of ether oxygens (including phenoxy) is 1. The van der Waals surface area contributed by atoms with Crippen molar-refractivity contribution in [1.29, 1.82) is 0 Å². The van der Waals surface area contributed by atoms with Crippen LogP contribution in [0.15, 0.2) is 176 Å². The smallest absolute Gasteiger partial charge is 0.139 e. The minimum atomic E-state index is -0.391. The van der Waals surface area contributed by atoms with E-state index in [1.54, 1.807) is 0 Å². The highest BCUT2D eigenvalue weighted by Gasteiger charge is 2.52. The van der Waals surface area contributed by atoms with E-state index in [1.165, 1.54) is 72.0 Å². The Hall–Kier alpha value is -6.18. The zero-order valence-corrected chi connectivity index (χ0v) is 27.7. The Morgan fingerprint density at radius 1 is 0.420 bits per heavy atom. The SMILES string of the molecule is CC1(c2ccccc2)c2ccccc2Oc2c(-c3ccc4c(c3)-c3ccccc3C43c4ccccc4-c4c3ccc3ccccc43)cccc21. The molecule has 2 atom stereocenters. The standard InChI is InChI=1S/C49H32O/c1-48(33-15-3-2-4-16-33)42-23-11-12-25-45(42)50-47-35(20-13-24-44(47)48)32-27-28-41-38(30-32)36-18-7-9-21-39(36)49(41)40-22-10-8-19-37(40)46-34-17-6-5-14-31(34)26-29-43(46)49/h2-30H,1H3. The molecule has 3 aliphatic rings. The zero-order valence-electron chi connectivity index (χ0n) is 27.7. The van der Waals surface area contributed by atoms with E-state index in [4.69, 9.17) is 4.74 Å². The van der Waals surface area contributed by atoms with Crippen molar-refractivity contribution in [2.45, 2.75) is 17.8 Å². The summed E-state index contributed by atoms with van der Waals surface area (Å²) in [5, 5.41) is 2.59. The number of fused-ring (bicyclic) bond motifs is 14. The van der Waals surface area contributed by atoms with Gasteiger partial charge in [0.05, 0.1) is 5.41 Å². The lowest BCUT2D eigenvalue weighted by atomic mass is 9.68. The highest BCUT2D eigenvalue weighted by atomic mass is 16.5. The summed E-state index contributed by atoms with van der Waals surface area (Å²) in [7, 11) is 0. The van der Waals surface area contributed by atoms with Crippen LogP contribution in [0.5, 0.6) is 11.5 Å². The molecule has 11 rings (SSSR count). The van der Waals surface area contributed by atoms with Crippen LogP contribution in [0.25, 0.3) is 44.2 Å². The molecule has 0 amide bonds. The van der Waals surface area contributed by atoms with Crippen LogP contribution >= 0.6 is 0 Å². The summed E-state index contributed by atoms with van der Waals surface area (Å²) in [4.78, 5) is 0. The molecule has 0 saturated heterocycles. The van der Waals surface area contributed by atoms with Crippen LogP contribution in [0.1, 0.15) is 45.9 Å². The Bertz CT molecular complexity index is 2700. The van der Waals surface area contributed by atoms with Crippen LogP contribution in [0.2, 0.25) is 0 Å². The van der Waals surface area contributed by atoms with E-state index in [2.05, 4.69) is 183 Å². The van der Waals surface area contributed by atoms with Gasteiger partial charge in [0.15, 0.2) is 0 Å². The minimum absolute atomic E-state index is 0.366. The van der Waals surface area contributed by atoms with Crippen molar-refractivity contribution in [3.05, 3.63) is 215 Å². The largest absolute Gasteiger partial charge is 0.456 e. The van der Waals surface area contributed by atoms with Gasteiger partial charge in [0, 0.05) is 22.1 Å². The van der Waals surface area contributed by atoms with Crippen molar-refractivity contribution in [3.63, 3.8) is 0 Å². The Kier molecular flexibility index (Phi) is 5.51. The first kappa shape index (κ1) is 27.7. The van der Waals surface area contributed by atoms with Crippen LogP contribution in [0.4, 0.5) is 0 Å². The maximum Gasteiger partial charge on any atom is 0.139 e. The number of hydrogen-bond acceptors (Lipinski definition) is 1. The van der Waals surface area contributed by atoms with Gasteiger partial charge in [-0.15, -0.1) is 0 Å². The Balaban J connectivity index is 1.17. The Morgan fingerprint density at radius 2 is 1.04 bits per heavy atom. The summed E-state index contributed by atoms with van der Waals surface area (Å²) < 4.78 is 6.90. The van der Waals surface area contributed by atoms with E-state index in [1.807, 2.05) is 0 Å². The second-order valence-electron chi connectivity index (χ2n) is 14.1. The number of rotatable bonds is 2. The average Bonchev–Trinajstić information content (AvgIpc) is 3.65. The highest BCUT2D eigenvalue weighted by molar-refractivity contribution is 6.06. The third-order valence-electron chi connectivity index (χ3n) is 11.8. The Morgan fingerprint density at radius 3 is 1.90 bits per heavy atom. The summed E-state index contributed by atoms with van der Waals surface area (Å²) in [6.45, 7) is 2.34. The average molecular weight is 637 g/mol. The molecule has 2 aliphatic carbocycles. The molecule has 1 nitrogen and oxygen atoms in total. The van der Waals surface area contributed by atoms with Gasteiger partial charge in [0.1, 0.15) is 11.5 Å². The molecular formula is C49H32O. The van der Waals surface area contributed by atoms with Crippen molar-refractivity contribution in [2.24, 2.45) is 0 Å². The normalized spacial score (nSPS) is 18.8. The van der Waals surface area contributed by atoms with Gasteiger partial charge >= 0.3 is 0 Å². The monoisotopic (exact) mass is 636 g/mol. The molecule has 1 spiro atoms. The van der Waals surface area contributed by atoms with E-state index in [9.17, 15) is 0 Å². The topological polar surface area (TPSA) is 9.23 Å².